The predicted octanol–water partition coefficient (Wildman–Crippen LogP) is 4.13. The van der Waals surface area contributed by atoms with Crippen LogP contribution in [0.4, 0.5) is 0 Å². The van der Waals surface area contributed by atoms with Crippen LogP contribution < -0.4 is 0 Å². The summed E-state index contributed by atoms with van der Waals surface area (Å²) >= 11 is 0. The Labute approximate surface area is 134 Å². The summed E-state index contributed by atoms with van der Waals surface area (Å²) in [7, 11) is 0. The Balaban J connectivity index is 1.72. The Kier molecular flexibility index (Phi) is 3.18. The van der Waals surface area contributed by atoms with E-state index < -0.39 is 0 Å². The molecule has 7 atom stereocenters. The van der Waals surface area contributed by atoms with Gasteiger partial charge in [0.1, 0.15) is 5.78 Å². The molecule has 0 aromatic carbocycles. The molecule has 22 heavy (non-hydrogen) atoms. The van der Waals surface area contributed by atoms with Crippen LogP contribution in [-0.4, -0.2) is 17.0 Å². The number of hydrogen-bond donors (Lipinski definition) is 1. The molecule has 0 aliphatic heterocycles. The Bertz CT molecular complexity index is 536. The summed E-state index contributed by atoms with van der Waals surface area (Å²) in [5.74, 6) is 3.04. The molecular weight excluding hydrogens is 272 g/mol. The van der Waals surface area contributed by atoms with Crippen LogP contribution in [-0.2, 0) is 4.79 Å². The van der Waals surface area contributed by atoms with Crippen LogP contribution in [0.1, 0.15) is 65.7 Å². The van der Waals surface area contributed by atoms with Crippen LogP contribution in [0.15, 0.2) is 11.6 Å². The minimum atomic E-state index is -0.0954. The van der Waals surface area contributed by atoms with E-state index in [1.165, 1.54) is 24.8 Å². The van der Waals surface area contributed by atoms with Gasteiger partial charge in [0.25, 0.3) is 0 Å². The van der Waals surface area contributed by atoms with Crippen molar-refractivity contribution in [3.63, 3.8) is 0 Å². The van der Waals surface area contributed by atoms with Crippen molar-refractivity contribution in [1.29, 1.82) is 0 Å². The van der Waals surface area contributed by atoms with Crippen LogP contribution in [0.2, 0.25) is 0 Å². The molecule has 2 nitrogen and oxygen atoms in total. The van der Waals surface area contributed by atoms with Crippen molar-refractivity contribution in [2.75, 3.05) is 0 Å². The lowest BCUT2D eigenvalue weighted by Crippen LogP contribution is -2.53. The highest BCUT2D eigenvalue weighted by Gasteiger charge is 2.59. The SMILES string of the molecule is CC1CC(=O)CC2=CC[C@@H]3[C@@H](CC[C@]4(C)C(O)CC[C@@H]34)[C@]21C. The maximum absolute atomic E-state index is 12.0. The number of carbonyl (C=O) groups is 1. The van der Waals surface area contributed by atoms with Crippen LogP contribution in [0.25, 0.3) is 0 Å². The largest absolute Gasteiger partial charge is 0.393 e. The van der Waals surface area contributed by atoms with Gasteiger partial charge in [-0.1, -0.05) is 32.4 Å². The first-order valence-electron chi connectivity index (χ1n) is 9.26. The molecule has 3 fully saturated rings. The predicted molar refractivity (Wildman–Crippen MR) is 87.3 cm³/mol. The van der Waals surface area contributed by atoms with Gasteiger partial charge in [0, 0.05) is 12.8 Å². The summed E-state index contributed by atoms with van der Waals surface area (Å²) in [6.07, 6.45) is 9.54. The molecule has 0 saturated heterocycles. The van der Waals surface area contributed by atoms with E-state index in [9.17, 15) is 9.90 Å². The summed E-state index contributed by atoms with van der Waals surface area (Å²) in [4.78, 5) is 12.0. The van der Waals surface area contributed by atoms with Gasteiger partial charge in [0.2, 0.25) is 0 Å². The zero-order valence-corrected chi connectivity index (χ0v) is 14.3. The van der Waals surface area contributed by atoms with Gasteiger partial charge in [-0.15, -0.1) is 0 Å². The third kappa shape index (κ3) is 1.74. The maximum Gasteiger partial charge on any atom is 0.137 e. The standard InChI is InChI=1S/C20H30O2/c1-12-10-14(21)11-13-4-5-15-16-6-7-18(22)19(16,2)9-8-17(15)20(12,13)3/h4,12,15-18,22H,5-11H2,1-3H3/t12?,15-,16-,17+,18?,19-,20-/m0/s1. The molecule has 0 aromatic rings. The minimum Gasteiger partial charge on any atom is -0.393 e. The van der Waals surface area contributed by atoms with Gasteiger partial charge in [-0.3, -0.25) is 4.79 Å². The molecule has 4 aliphatic rings. The molecule has 0 radical (unpaired) electrons. The molecule has 0 aromatic heterocycles. The molecule has 1 N–H and O–H groups in total. The van der Waals surface area contributed by atoms with Crippen LogP contribution in [0, 0.1) is 34.5 Å². The van der Waals surface area contributed by atoms with Crippen molar-refractivity contribution in [3.8, 4) is 0 Å². The van der Waals surface area contributed by atoms with E-state index in [2.05, 4.69) is 26.8 Å². The first kappa shape index (κ1) is 14.9. The molecule has 3 saturated carbocycles. The van der Waals surface area contributed by atoms with Gasteiger partial charge in [0.15, 0.2) is 0 Å². The lowest BCUT2D eigenvalue weighted by molar-refractivity contribution is -0.126. The van der Waals surface area contributed by atoms with Crippen molar-refractivity contribution < 1.29 is 9.90 Å². The average Bonchev–Trinajstić information content (AvgIpc) is 2.77. The zero-order chi connectivity index (χ0) is 15.7. The molecule has 0 bridgehead atoms. The minimum absolute atomic E-state index is 0.0954. The first-order valence-corrected chi connectivity index (χ1v) is 9.26. The number of carbonyl (C=O) groups excluding carboxylic acids is 1. The lowest BCUT2D eigenvalue weighted by atomic mass is 9.46. The fourth-order valence-electron chi connectivity index (χ4n) is 6.85. The van der Waals surface area contributed by atoms with Gasteiger partial charge in [0.05, 0.1) is 6.10 Å². The van der Waals surface area contributed by atoms with E-state index in [-0.39, 0.29) is 16.9 Å². The van der Waals surface area contributed by atoms with E-state index in [0.29, 0.717) is 24.0 Å². The highest BCUT2D eigenvalue weighted by atomic mass is 16.3. The summed E-state index contributed by atoms with van der Waals surface area (Å²) in [6, 6.07) is 0. The Morgan fingerprint density at radius 3 is 2.73 bits per heavy atom. The summed E-state index contributed by atoms with van der Waals surface area (Å²) in [5, 5.41) is 10.5. The Hall–Kier alpha value is -0.630. The fraction of sp³-hybridized carbons (Fsp3) is 0.850. The second kappa shape index (κ2) is 4.69. The van der Waals surface area contributed by atoms with Gasteiger partial charge in [-0.05, 0) is 66.6 Å². The second-order valence-electron chi connectivity index (χ2n) is 9.08. The molecule has 4 rings (SSSR count). The van der Waals surface area contributed by atoms with Gasteiger partial charge in [-0.25, -0.2) is 0 Å². The topological polar surface area (TPSA) is 37.3 Å². The van der Waals surface area contributed by atoms with Crippen molar-refractivity contribution in [2.24, 2.45) is 34.5 Å². The van der Waals surface area contributed by atoms with Gasteiger partial charge in [-0.2, -0.15) is 0 Å². The van der Waals surface area contributed by atoms with Gasteiger partial charge < -0.3 is 5.11 Å². The van der Waals surface area contributed by atoms with E-state index in [0.717, 1.165) is 31.1 Å². The molecule has 0 amide bonds. The van der Waals surface area contributed by atoms with Crippen LogP contribution in [0.5, 0.6) is 0 Å². The monoisotopic (exact) mass is 302 g/mol. The molecule has 0 heterocycles. The Morgan fingerprint density at radius 2 is 1.95 bits per heavy atom. The van der Waals surface area contributed by atoms with Crippen LogP contribution >= 0.6 is 0 Å². The summed E-state index contributed by atoms with van der Waals surface area (Å²) < 4.78 is 0. The smallest absolute Gasteiger partial charge is 0.137 e. The highest BCUT2D eigenvalue weighted by molar-refractivity contribution is 5.83. The number of hydrogen-bond acceptors (Lipinski definition) is 2. The van der Waals surface area contributed by atoms with Crippen molar-refractivity contribution in [3.05, 3.63) is 11.6 Å². The fourth-order valence-corrected chi connectivity index (χ4v) is 6.85. The molecule has 0 spiro atoms. The van der Waals surface area contributed by atoms with E-state index in [4.69, 9.17) is 0 Å². The first-order chi connectivity index (χ1) is 10.4. The second-order valence-corrected chi connectivity index (χ2v) is 9.08. The van der Waals surface area contributed by atoms with E-state index >= 15 is 0 Å². The normalized spacial score (nSPS) is 54.3. The quantitative estimate of drug-likeness (QED) is 0.683. The number of Topliss-reactive ketones (excluding diaryl/α,β-unsaturated/α-hetero) is 1. The Morgan fingerprint density at radius 1 is 1.18 bits per heavy atom. The van der Waals surface area contributed by atoms with Crippen molar-refractivity contribution in [2.45, 2.75) is 71.8 Å². The number of aliphatic hydroxyl groups excluding tert-OH is 1. The number of rotatable bonds is 0. The third-order valence-corrected chi connectivity index (χ3v) is 8.43. The van der Waals surface area contributed by atoms with Crippen molar-refractivity contribution >= 4 is 5.78 Å². The van der Waals surface area contributed by atoms with E-state index in [1.807, 2.05) is 0 Å². The number of ketones is 1. The van der Waals surface area contributed by atoms with Crippen LogP contribution in [0.3, 0.4) is 0 Å². The maximum atomic E-state index is 12.0. The molecular formula is C20H30O2. The summed E-state index contributed by atoms with van der Waals surface area (Å²) in [5.41, 5.74) is 1.82. The number of fused-ring (bicyclic) bond motifs is 5. The average molecular weight is 302 g/mol. The molecule has 4 aliphatic carbocycles. The third-order valence-electron chi connectivity index (χ3n) is 8.43. The summed E-state index contributed by atoms with van der Waals surface area (Å²) in [6.45, 7) is 7.08. The highest BCUT2D eigenvalue weighted by Crippen LogP contribution is 2.65. The molecule has 2 unspecified atom stereocenters. The lowest BCUT2D eigenvalue weighted by Gasteiger charge is -2.58. The molecule has 2 heteroatoms. The number of aliphatic hydroxyl groups is 1. The molecule has 122 valence electrons. The van der Waals surface area contributed by atoms with Gasteiger partial charge >= 0.3 is 0 Å². The number of allylic oxidation sites excluding steroid dienone is 2. The zero-order valence-electron chi connectivity index (χ0n) is 14.3. The van der Waals surface area contributed by atoms with E-state index in [1.54, 1.807) is 0 Å². The van der Waals surface area contributed by atoms with Crippen molar-refractivity contribution in [1.82, 2.24) is 0 Å².